The highest BCUT2D eigenvalue weighted by atomic mass is 35.5. The first-order valence-electron chi connectivity index (χ1n) is 5.85. The monoisotopic (exact) mass is 249 g/mol. The molecule has 1 rings (SSSR count). The summed E-state index contributed by atoms with van der Waals surface area (Å²) in [5.41, 5.74) is 0. The summed E-state index contributed by atoms with van der Waals surface area (Å²) in [5.74, 6) is 0.385. The van der Waals surface area contributed by atoms with Crippen LogP contribution in [-0.4, -0.2) is 44.3 Å². The molecule has 1 unspecified atom stereocenters. The summed E-state index contributed by atoms with van der Waals surface area (Å²) in [6.07, 6.45) is 3.75. The van der Waals surface area contributed by atoms with E-state index < -0.39 is 0 Å². The van der Waals surface area contributed by atoms with Gasteiger partial charge in [0, 0.05) is 32.1 Å². The Morgan fingerprint density at radius 3 is 3.12 bits per heavy atom. The van der Waals surface area contributed by atoms with Crippen molar-refractivity contribution in [3.8, 4) is 0 Å². The van der Waals surface area contributed by atoms with Crippen LogP contribution >= 0.6 is 11.6 Å². The second-order valence-electron chi connectivity index (χ2n) is 3.85. The molecule has 1 aliphatic rings. The van der Waals surface area contributed by atoms with Crippen LogP contribution < -0.4 is 5.32 Å². The SMILES string of the molecule is O=C(CCCl)NCCCOCC1CCCO1. The lowest BCUT2D eigenvalue weighted by Gasteiger charge is -2.10. The van der Waals surface area contributed by atoms with Gasteiger partial charge in [0.1, 0.15) is 0 Å². The van der Waals surface area contributed by atoms with Crippen LogP contribution in [0.3, 0.4) is 0 Å². The fourth-order valence-corrected chi connectivity index (χ4v) is 1.74. The minimum absolute atomic E-state index is 0.00845. The number of rotatable bonds is 8. The lowest BCUT2D eigenvalue weighted by atomic mass is 10.2. The Balaban J connectivity index is 1.82. The van der Waals surface area contributed by atoms with Crippen molar-refractivity contribution in [1.29, 1.82) is 0 Å². The molecule has 1 saturated heterocycles. The Morgan fingerprint density at radius 2 is 2.44 bits per heavy atom. The summed E-state index contributed by atoms with van der Waals surface area (Å²) < 4.78 is 10.9. The van der Waals surface area contributed by atoms with Crippen LogP contribution in [0.1, 0.15) is 25.7 Å². The van der Waals surface area contributed by atoms with Gasteiger partial charge in [0.05, 0.1) is 12.7 Å². The van der Waals surface area contributed by atoms with E-state index in [0.29, 0.717) is 32.1 Å². The van der Waals surface area contributed by atoms with E-state index in [1.165, 1.54) is 0 Å². The van der Waals surface area contributed by atoms with Gasteiger partial charge in [-0.05, 0) is 19.3 Å². The van der Waals surface area contributed by atoms with Gasteiger partial charge in [-0.15, -0.1) is 11.6 Å². The molecule has 1 amide bonds. The Morgan fingerprint density at radius 1 is 1.56 bits per heavy atom. The quantitative estimate of drug-likeness (QED) is 0.521. The number of hydrogen-bond donors (Lipinski definition) is 1. The molecule has 1 aliphatic heterocycles. The van der Waals surface area contributed by atoms with E-state index in [1.54, 1.807) is 0 Å². The highest BCUT2D eigenvalue weighted by Crippen LogP contribution is 2.11. The number of alkyl halides is 1. The van der Waals surface area contributed by atoms with Crippen molar-refractivity contribution in [2.45, 2.75) is 31.8 Å². The number of amides is 1. The molecule has 0 bridgehead atoms. The minimum Gasteiger partial charge on any atom is -0.379 e. The van der Waals surface area contributed by atoms with Crippen molar-refractivity contribution in [1.82, 2.24) is 5.32 Å². The van der Waals surface area contributed by atoms with E-state index in [1.807, 2.05) is 0 Å². The van der Waals surface area contributed by atoms with Gasteiger partial charge in [0.2, 0.25) is 5.91 Å². The maximum Gasteiger partial charge on any atom is 0.221 e. The van der Waals surface area contributed by atoms with Crippen LogP contribution in [0, 0.1) is 0 Å². The van der Waals surface area contributed by atoms with Crippen molar-refractivity contribution < 1.29 is 14.3 Å². The molecular formula is C11H20ClNO3. The zero-order valence-electron chi connectivity index (χ0n) is 9.54. The number of ether oxygens (including phenoxy) is 2. The van der Waals surface area contributed by atoms with Crippen LogP contribution in [0.4, 0.5) is 0 Å². The van der Waals surface area contributed by atoms with Crippen LogP contribution in [0.15, 0.2) is 0 Å². The smallest absolute Gasteiger partial charge is 0.221 e. The van der Waals surface area contributed by atoms with Gasteiger partial charge in [0.15, 0.2) is 0 Å². The van der Waals surface area contributed by atoms with Crippen LogP contribution in [0.5, 0.6) is 0 Å². The lowest BCUT2D eigenvalue weighted by molar-refractivity contribution is -0.120. The van der Waals surface area contributed by atoms with Gasteiger partial charge in [-0.2, -0.15) is 0 Å². The first-order valence-corrected chi connectivity index (χ1v) is 6.38. The number of halogens is 1. The minimum atomic E-state index is 0.00845. The molecule has 0 aromatic heterocycles. The van der Waals surface area contributed by atoms with Gasteiger partial charge >= 0.3 is 0 Å². The van der Waals surface area contributed by atoms with Gasteiger partial charge in [-0.3, -0.25) is 4.79 Å². The van der Waals surface area contributed by atoms with E-state index in [0.717, 1.165) is 25.9 Å². The third-order valence-electron chi connectivity index (χ3n) is 2.44. The summed E-state index contributed by atoms with van der Waals surface area (Å²) in [6.45, 7) is 2.86. The maximum atomic E-state index is 11.0. The molecule has 0 radical (unpaired) electrons. The Labute approximate surface area is 102 Å². The largest absolute Gasteiger partial charge is 0.379 e. The average Bonchev–Trinajstić information content (AvgIpc) is 2.76. The number of carbonyl (C=O) groups excluding carboxylic acids is 1. The molecule has 5 heteroatoms. The van der Waals surface area contributed by atoms with Crippen LogP contribution in [0.25, 0.3) is 0 Å². The number of carbonyl (C=O) groups is 1. The molecular weight excluding hydrogens is 230 g/mol. The fourth-order valence-electron chi connectivity index (χ4n) is 1.57. The van der Waals surface area contributed by atoms with E-state index >= 15 is 0 Å². The van der Waals surface area contributed by atoms with Crippen molar-refractivity contribution >= 4 is 17.5 Å². The van der Waals surface area contributed by atoms with Gasteiger partial charge in [-0.1, -0.05) is 0 Å². The van der Waals surface area contributed by atoms with Gasteiger partial charge < -0.3 is 14.8 Å². The van der Waals surface area contributed by atoms with E-state index in [2.05, 4.69) is 5.32 Å². The van der Waals surface area contributed by atoms with E-state index in [4.69, 9.17) is 21.1 Å². The van der Waals surface area contributed by atoms with Crippen LogP contribution in [-0.2, 0) is 14.3 Å². The third kappa shape index (κ3) is 6.30. The molecule has 0 aromatic rings. The first-order chi connectivity index (χ1) is 7.83. The highest BCUT2D eigenvalue weighted by molar-refractivity contribution is 6.18. The number of hydrogen-bond acceptors (Lipinski definition) is 3. The van der Waals surface area contributed by atoms with Crippen molar-refractivity contribution in [2.75, 3.05) is 32.2 Å². The van der Waals surface area contributed by atoms with Crippen molar-refractivity contribution in [2.24, 2.45) is 0 Å². The molecule has 0 aliphatic carbocycles. The molecule has 0 saturated carbocycles. The Kier molecular flexibility index (Phi) is 7.55. The molecule has 1 N–H and O–H groups in total. The molecule has 0 spiro atoms. The summed E-state index contributed by atoms with van der Waals surface area (Å²) in [6, 6.07) is 0. The normalized spacial score (nSPS) is 19.9. The van der Waals surface area contributed by atoms with Gasteiger partial charge in [-0.25, -0.2) is 0 Å². The second kappa shape index (κ2) is 8.79. The van der Waals surface area contributed by atoms with E-state index in [-0.39, 0.29) is 12.0 Å². The third-order valence-corrected chi connectivity index (χ3v) is 2.63. The molecule has 4 nitrogen and oxygen atoms in total. The number of nitrogens with one attached hydrogen (secondary N) is 1. The highest BCUT2D eigenvalue weighted by Gasteiger charge is 2.14. The molecule has 1 atom stereocenters. The maximum absolute atomic E-state index is 11.0. The van der Waals surface area contributed by atoms with Crippen molar-refractivity contribution in [3.63, 3.8) is 0 Å². The Bertz CT molecular complexity index is 196. The summed E-state index contributed by atoms with van der Waals surface area (Å²) >= 11 is 5.43. The molecule has 1 heterocycles. The standard InChI is InChI=1S/C11H20ClNO3/c12-5-4-11(14)13-6-2-7-15-9-10-3-1-8-16-10/h10H,1-9H2,(H,13,14). The van der Waals surface area contributed by atoms with Crippen molar-refractivity contribution in [3.05, 3.63) is 0 Å². The summed E-state index contributed by atoms with van der Waals surface area (Å²) in [4.78, 5) is 11.0. The Hall–Kier alpha value is -0.320. The van der Waals surface area contributed by atoms with Gasteiger partial charge in [0.25, 0.3) is 0 Å². The average molecular weight is 250 g/mol. The topological polar surface area (TPSA) is 47.6 Å². The summed E-state index contributed by atoms with van der Waals surface area (Å²) in [7, 11) is 0. The lowest BCUT2D eigenvalue weighted by Crippen LogP contribution is -2.25. The molecule has 0 aromatic carbocycles. The zero-order chi connectivity index (χ0) is 11.6. The predicted octanol–water partition coefficient (Wildman–Crippen LogP) is 1.32. The first kappa shape index (κ1) is 13.7. The van der Waals surface area contributed by atoms with E-state index in [9.17, 15) is 4.79 Å². The zero-order valence-corrected chi connectivity index (χ0v) is 10.3. The second-order valence-corrected chi connectivity index (χ2v) is 4.23. The molecule has 1 fully saturated rings. The molecule has 94 valence electrons. The summed E-state index contributed by atoms with van der Waals surface area (Å²) in [5, 5.41) is 2.78. The molecule has 16 heavy (non-hydrogen) atoms. The fraction of sp³-hybridized carbons (Fsp3) is 0.909. The van der Waals surface area contributed by atoms with Crippen LogP contribution in [0.2, 0.25) is 0 Å². The predicted molar refractivity (Wildman–Crippen MR) is 62.8 cm³/mol.